The average Bonchev–Trinajstić information content (AvgIpc) is 2.54. The number of pyridine rings is 1. The Morgan fingerprint density at radius 3 is 2.68 bits per heavy atom. The van der Waals surface area contributed by atoms with E-state index in [9.17, 15) is 5.26 Å². The van der Waals surface area contributed by atoms with Gasteiger partial charge in [-0.1, -0.05) is 6.92 Å². The molecule has 0 aliphatic carbocycles. The number of aromatic nitrogens is 1. The molecule has 0 saturated carbocycles. The predicted molar refractivity (Wildman–Crippen MR) is 90.6 cm³/mol. The van der Waals surface area contributed by atoms with Crippen LogP contribution >= 0.6 is 11.9 Å². The van der Waals surface area contributed by atoms with E-state index in [2.05, 4.69) is 29.8 Å². The molecule has 0 spiro atoms. The van der Waals surface area contributed by atoms with Crippen LogP contribution < -0.4 is 15.8 Å². The minimum absolute atomic E-state index is 0.547. The number of hydrogen-bond donors (Lipinski definition) is 2. The van der Waals surface area contributed by atoms with Gasteiger partial charge in [0.05, 0.1) is 12.2 Å². The van der Waals surface area contributed by atoms with E-state index in [4.69, 9.17) is 15.9 Å². The second-order valence-corrected chi connectivity index (χ2v) is 6.16. The summed E-state index contributed by atoms with van der Waals surface area (Å²) in [6.07, 6.45) is 2.62. The maximum absolute atomic E-state index is 9.49. The molecule has 1 saturated heterocycles. The molecule has 6 nitrogen and oxygen atoms in total. The van der Waals surface area contributed by atoms with Crippen LogP contribution in [-0.4, -0.2) is 43.2 Å². The molecule has 1 aromatic rings. The molecule has 7 heteroatoms. The third-order valence-corrected chi connectivity index (χ3v) is 4.53. The fraction of sp³-hybridized carbons (Fsp3) is 0.600. The van der Waals surface area contributed by atoms with Crippen molar-refractivity contribution in [2.24, 2.45) is 10.9 Å². The van der Waals surface area contributed by atoms with Crippen LogP contribution in [0, 0.1) is 11.3 Å². The van der Waals surface area contributed by atoms with Crippen LogP contribution in [0.5, 0.6) is 0 Å². The van der Waals surface area contributed by atoms with Crippen molar-refractivity contribution in [1.29, 1.82) is 5.26 Å². The number of anilines is 1. The maximum Gasteiger partial charge on any atom is 0.134 e. The molecule has 0 bridgehead atoms. The minimum atomic E-state index is 0.547. The van der Waals surface area contributed by atoms with Crippen molar-refractivity contribution in [2.45, 2.75) is 31.2 Å². The molecule has 0 unspecified atom stereocenters. The van der Waals surface area contributed by atoms with Crippen LogP contribution in [0.25, 0.3) is 0 Å². The number of nitrogens with zero attached hydrogens (tertiary/aromatic N) is 4. The number of nitriles is 1. The summed E-state index contributed by atoms with van der Waals surface area (Å²) in [5, 5.41) is 15.8. The van der Waals surface area contributed by atoms with Gasteiger partial charge in [-0.15, -0.1) is 0 Å². The van der Waals surface area contributed by atoms with Gasteiger partial charge >= 0.3 is 0 Å². The summed E-state index contributed by atoms with van der Waals surface area (Å²) < 4.78 is 0. The molecule has 22 heavy (non-hydrogen) atoms. The quantitative estimate of drug-likeness (QED) is 0.784. The molecule has 0 amide bonds. The Morgan fingerprint density at radius 1 is 1.36 bits per heavy atom. The molecule has 1 aliphatic rings. The van der Waals surface area contributed by atoms with Crippen LogP contribution in [-0.2, 0) is 12.8 Å². The lowest BCUT2D eigenvalue weighted by molar-refractivity contribution is 0.290. The van der Waals surface area contributed by atoms with Gasteiger partial charge in [-0.05, 0) is 50.4 Å². The second kappa shape index (κ2) is 7.79. The van der Waals surface area contributed by atoms with Gasteiger partial charge in [0.25, 0.3) is 0 Å². The molecule has 0 aromatic carbocycles. The van der Waals surface area contributed by atoms with Gasteiger partial charge in [-0.3, -0.25) is 10.0 Å². The van der Waals surface area contributed by atoms with Gasteiger partial charge in [0.2, 0.25) is 0 Å². The molecule has 0 radical (unpaired) electrons. The fourth-order valence-electron chi connectivity index (χ4n) is 3.03. The van der Waals surface area contributed by atoms with E-state index in [1.165, 1.54) is 0 Å². The summed E-state index contributed by atoms with van der Waals surface area (Å²) in [7, 11) is 2.11. The first-order valence-corrected chi connectivity index (χ1v) is 8.50. The fourth-order valence-corrected chi connectivity index (χ4v) is 3.46. The monoisotopic (exact) mass is 320 g/mol. The zero-order valence-electron chi connectivity index (χ0n) is 13.3. The van der Waals surface area contributed by atoms with Crippen molar-refractivity contribution in [3.05, 3.63) is 16.7 Å². The highest BCUT2D eigenvalue weighted by molar-refractivity contribution is 7.97. The van der Waals surface area contributed by atoms with E-state index in [0.717, 1.165) is 67.9 Å². The van der Waals surface area contributed by atoms with Crippen molar-refractivity contribution in [2.75, 3.05) is 38.3 Å². The zero-order chi connectivity index (χ0) is 16.1. The molecule has 1 aliphatic heterocycles. The Bertz CT molecular complexity index is 568. The first-order valence-electron chi connectivity index (χ1n) is 7.62. The third kappa shape index (κ3) is 3.36. The van der Waals surface area contributed by atoms with Gasteiger partial charge in [0.15, 0.2) is 0 Å². The Morgan fingerprint density at radius 2 is 2.14 bits per heavy atom. The SMILES string of the molecule is CCc1c(C#N)c(SN)nc(N2CCCN(C)C2)c1CCN. The Kier molecular flexibility index (Phi) is 6.03. The standard InChI is InChI=1S/C15H24N6S/c1-3-11-12(5-6-16)14(19-15(22-18)13(11)9-17)21-8-4-7-20(2)10-21/h3-8,10,16,18H2,1-2H3. The maximum atomic E-state index is 9.49. The van der Waals surface area contributed by atoms with Crippen molar-refractivity contribution in [3.63, 3.8) is 0 Å². The van der Waals surface area contributed by atoms with Crippen LogP contribution in [0.1, 0.15) is 30.0 Å². The van der Waals surface area contributed by atoms with Crippen molar-refractivity contribution < 1.29 is 0 Å². The number of rotatable bonds is 5. The van der Waals surface area contributed by atoms with Crippen LogP contribution in [0.2, 0.25) is 0 Å². The lowest BCUT2D eigenvalue weighted by Gasteiger charge is -2.36. The lowest BCUT2D eigenvalue weighted by Crippen LogP contribution is -2.43. The zero-order valence-corrected chi connectivity index (χ0v) is 14.1. The van der Waals surface area contributed by atoms with E-state index in [-0.39, 0.29) is 0 Å². The molecule has 2 heterocycles. The normalized spacial score (nSPS) is 15.9. The Hall–Kier alpha value is -1.33. The van der Waals surface area contributed by atoms with E-state index < -0.39 is 0 Å². The molecular formula is C15H24N6S. The van der Waals surface area contributed by atoms with Crippen LogP contribution in [0.15, 0.2) is 5.03 Å². The molecule has 120 valence electrons. The van der Waals surface area contributed by atoms with E-state index in [1.807, 2.05) is 0 Å². The summed E-state index contributed by atoms with van der Waals surface area (Å²) in [5.41, 5.74) is 8.55. The van der Waals surface area contributed by atoms with Gasteiger partial charge in [0.1, 0.15) is 16.9 Å². The summed E-state index contributed by atoms with van der Waals surface area (Å²) in [4.78, 5) is 9.25. The highest BCUT2D eigenvalue weighted by Gasteiger charge is 2.24. The smallest absolute Gasteiger partial charge is 0.134 e. The summed E-state index contributed by atoms with van der Waals surface area (Å²) >= 11 is 1.05. The molecule has 4 N–H and O–H groups in total. The highest BCUT2D eigenvalue weighted by atomic mass is 32.2. The van der Waals surface area contributed by atoms with E-state index in [0.29, 0.717) is 17.1 Å². The Labute approximate surface area is 136 Å². The number of nitrogens with two attached hydrogens (primary N) is 2. The minimum Gasteiger partial charge on any atom is -0.343 e. The molecule has 0 atom stereocenters. The largest absolute Gasteiger partial charge is 0.343 e. The predicted octanol–water partition coefficient (Wildman–Crippen LogP) is 1.08. The van der Waals surface area contributed by atoms with Gasteiger partial charge in [-0.2, -0.15) is 5.26 Å². The average molecular weight is 320 g/mol. The van der Waals surface area contributed by atoms with Crippen molar-refractivity contribution >= 4 is 17.8 Å². The second-order valence-electron chi connectivity index (χ2n) is 5.53. The first kappa shape index (κ1) is 17.0. The lowest BCUT2D eigenvalue weighted by atomic mass is 9.98. The van der Waals surface area contributed by atoms with Crippen LogP contribution in [0.4, 0.5) is 5.82 Å². The summed E-state index contributed by atoms with van der Waals surface area (Å²) in [5.74, 6) is 0.945. The van der Waals surface area contributed by atoms with Crippen LogP contribution in [0.3, 0.4) is 0 Å². The first-order chi connectivity index (χ1) is 10.7. The van der Waals surface area contributed by atoms with Gasteiger partial charge in [0, 0.05) is 18.7 Å². The molecule has 1 fully saturated rings. The van der Waals surface area contributed by atoms with E-state index >= 15 is 0 Å². The topological polar surface area (TPSA) is 95.2 Å². The van der Waals surface area contributed by atoms with Gasteiger partial charge in [-0.25, -0.2) is 4.98 Å². The molecule has 1 aromatic heterocycles. The Balaban J connectivity index is 2.57. The van der Waals surface area contributed by atoms with Crippen molar-refractivity contribution in [1.82, 2.24) is 9.88 Å². The van der Waals surface area contributed by atoms with E-state index in [1.54, 1.807) is 0 Å². The van der Waals surface area contributed by atoms with Crippen molar-refractivity contribution in [3.8, 4) is 6.07 Å². The third-order valence-electron chi connectivity index (χ3n) is 4.01. The highest BCUT2D eigenvalue weighted by Crippen LogP contribution is 2.31. The molecular weight excluding hydrogens is 296 g/mol. The number of hydrogen-bond acceptors (Lipinski definition) is 7. The van der Waals surface area contributed by atoms with Gasteiger partial charge < -0.3 is 10.6 Å². The molecule has 2 rings (SSSR count). The summed E-state index contributed by atoms with van der Waals surface area (Å²) in [6.45, 7) is 5.52. The summed E-state index contributed by atoms with van der Waals surface area (Å²) in [6, 6.07) is 2.27.